The third-order valence-electron chi connectivity index (χ3n) is 6.86. The second kappa shape index (κ2) is 14.4. The van der Waals surface area contributed by atoms with E-state index in [0.29, 0.717) is 6.07 Å². The van der Waals surface area contributed by atoms with Crippen LogP contribution in [0.15, 0.2) is 36.4 Å². The fourth-order valence-corrected chi connectivity index (χ4v) is 4.99. The van der Waals surface area contributed by atoms with Crippen molar-refractivity contribution in [1.82, 2.24) is 10.2 Å². The van der Waals surface area contributed by atoms with Gasteiger partial charge in [0.1, 0.15) is 18.5 Å². The first-order chi connectivity index (χ1) is 25.4. The van der Waals surface area contributed by atoms with Crippen LogP contribution in [0.5, 0.6) is 28.7 Å². The molecular formula is C32H35ClN4O9. The van der Waals surface area contributed by atoms with E-state index in [0.717, 1.165) is 16.0 Å². The van der Waals surface area contributed by atoms with Crippen molar-refractivity contribution >= 4 is 46.6 Å². The average Bonchev–Trinajstić information content (AvgIpc) is 3.11. The molecule has 1 unspecified atom stereocenters. The molecule has 4 amide bonds. The summed E-state index contributed by atoms with van der Waals surface area (Å²) in [6, 6.07) is 7.02. The van der Waals surface area contributed by atoms with Crippen molar-refractivity contribution in [1.29, 1.82) is 0 Å². The summed E-state index contributed by atoms with van der Waals surface area (Å²) in [5.41, 5.74) is 0.484. The molecule has 46 heavy (non-hydrogen) atoms. The van der Waals surface area contributed by atoms with Crippen LogP contribution in [-0.4, -0.2) is 76.6 Å². The number of likely N-dealkylation sites (N-methyl/N-ethyl adjacent to an activating group) is 1. The number of aryl methyl sites for hydroxylation is 2. The zero-order valence-corrected chi connectivity index (χ0v) is 25.7. The van der Waals surface area contributed by atoms with E-state index in [9.17, 15) is 19.2 Å². The highest BCUT2D eigenvalue weighted by Crippen LogP contribution is 2.45. The molecule has 0 saturated heterocycles. The zero-order valence-electron chi connectivity index (χ0n) is 34.0. The standard InChI is InChI=1S/C32H35ClN4O9/c1-16-8-17(2)10-18(9-16)46-24-11-19-21(35-31(40)23(37(3)32(19)41)14-26(38)34-15-42-4)13-22(24)36-30(39)20-12-25(43-5)28(44-6)29(45-7)27(20)33/h8-13,23H,14-15H2,1-7H3,(H,34,38)(H,35,40)(H,36,39)/i5D3,6D3,7D3. The summed E-state index contributed by atoms with van der Waals surface area (Å²) in [6.45, 7) is 3.46. The van der Waals surface area contributed by atoms with Gasteiger partial charge >= 0.3 is 0 Å². The number of methoxy groups -OCH3 is 4. The molecule has 0 aliphatic carbocycles. The van der Waals surface area contributed by atoms with Crippen molar-refractivity contribution in [3.63, 3.8) is 0 Å². The van der Waals surface area contributed by atoms with Gasteiger partial charge in [-0.3, -0.25) is 19.2 Å². The number of hydrogen-bond acceptors (Lipinski definition) is 9. The number of amides is 4. The van der Waals surface area contributed by atoms with Crippen LogP contribution in [0, 0.1) is 13.8 Å². The first-order valence-corrected chi connectivity index (χ1v) is 13.8. The first kappa shape index (κ1) is 23.3. The molecule has 0 spiro atoms. The largest absolute Gasteiger partial charge is 0.493 e. The van der Waals surface area contributed by atoms with Crippen LogP contribution in [0.4, 0.5) is 11.4 Å². The molecule has 4 rings (SSSR count). The van der Waals surface area contributed by atoms with E-state index in [-0.39, 0.29) is 35.2 Å². The number of halogens is 1. The van der Waals surface area contributed by atoms with Crippen molar-refractivity contribution in [2.45, 2.75) is 26.3 Å². The molecule has 1 aliphatic rings. The summed E-state index contributed by atoms with van der Waals surface area (Å²) >= 11 is 6.46. The van der Waals surface area contributed by atoms with E-state index in [1.165, 1.54) is 26.3 Å². The van der Waals surface area contributed by atoms with Crippen LogP contribution in [0.1, 0.15) is 50.6 Å². The predicted octanol–water partition coefficient (Wildman–Crippen LogP) is 4.53. The fourth-order valence-electron chi connectivity index (χ4n) is 4.73. The van der Waals surface area contributed by atoms with Gasteiger partial charge in [0.05, 0.1) is 67.4 Å². The first-order valence-electron chi connectivity index (χ1n) is 17.9. The van der Waals surface area contributed by atoms with E-state index in [1.54, 1.807) is 26.0 Å². The van der Waals surface area contributed by atoms with Gasteiger partial charge in [-0.2, -0.15) is 0 Å². The van der Waals surface area contributed by atoms with Crippen molar-refractivity contribution in [2.75, 3.05) is 52.6 Å². The van der Waals surface area contributed by atoms with E-state index < -0.39 is 85.0 Å². The number of carbonyl (C=O) groups excluding carboxylic acids is 4. The molecule has 0 aromatic heterocycles. The molecule has 14 heteroatoms. The Morgan fingerprint density at radius 2 is 1.67 bits per heavy atom. The zero-order chi connectivity index (χ0) is 41.2. The number of carbonyl (C=O) groups is 4. The number of nitrogens with zero attached hydrogens (tertiary/aromatic N) is 1. The molecule has 0 bridgehead atoms. The maximum Gasteiger partial charge on any atom is 0.257 e. The molecule has 3 N–H and O–H groups in total. The molecule has 244 valence electrons. The minimum absolute atomic E-state index is 0.0982. The van der Waals surface area contributed by atoms with Crippen LogP contribution < -0.4 is 34.9 Å². The maximum atomic E-state index is 14.0. The van der Waals surface area contributed by atoms with Gasteiger partial charge in [-0.1, -0.05) is 17.7 Å². The molecule has 3 aromatic rings. The number of benzene rings is 3. The molecule has 1 heterocycles. The third-order valence-corrected chi connectivity index (χ3v) is 7.24. The van der Waals surface area contributed by atoms with Gasteiger partial charge < -0.3 is 44.5 Å². The van der Waals surface area contributed by atoms with Crippen LogP contribution in [0.2, 0.25) is 5.02 Å². The Labute approximate surface area is 283 Å². The summed E-state index contributed by atoms with van der Waals surface area (Å²) in [4.78, 5) is 54.8. The van der Waals surface area contributed by atoms with E-state index in [2.05, 4.69) is 16.0 Å². The Kier molecular flexibility index (Phi) is 7.30. The molecule has 13 nitrogen and oxygen atoms in total. The van der Waals surface area contributed by atoms with Crippen LogP contribution in [0.3, 0.4) is 0 Å². The van der Waals surface area contributed by atoms with Gasteiger partial charge in [-0.05, 0) is 55.3 Å². The van der Waals surface area contributed by atoms with Crippen LogP contribution in [-0.2, 0) is 14.3 Å². The lowest BCUT2D eigenvalue weighted by Crippen LogP contribution is -2.45. The van der Waals surface area contributed by atoms with Gasteiger partial charge in [0.2, 0.25) is 17.6 Å². The quantitative estimate of drug-likeness (QED) is 0.251. The number of anilines is 2. The Balaban J connectivity index is 1.89. The SMILES string of the molecule is [2H]C([2H])([2H])Oc1cc(C(=O)Nc2cc3c(cc2Oc2cc(C)cc(C)c2)C(=O)N(C)C(CC(=O)NCOC)C(=O)N3)c(Cl)c(OC([2H])([2H])[2H])c1OC([2H])([2H])[2H]. The highest BCUT2D eigenvalue weighted by Gasteiger charge is 2.36. The van der Waals surface area contributed by atoms with E-state index in [4.69, 9.17) is 47.6 Å². The summed E-state index contributed by atoms with van der Waals surface area (Å²) in [5, 5.41) is 6.71. The van der Waals surface area contributed by atoms with Crippen LogP contribution >= 0.6 is 11.6 Å². The summed E-state index contributed by atoms with van der Waals surface area (Å²) in [7, 11) is -7.24. The Morgan fingerprint density at radius 1 is 0.978 bits per heavy atom. The lowest BCUT2D eigenvalue weighted by Gasteiger charge is -2.24. The fraction of sp³-hybridized carbons (Fsp3) is 0.312. The average molecular weight is 664 g/mol. The third kappa shape index (κ3) is 7.11. The summed E-state index contributed by atoms with van der Waals surface area (Å²) in [6.07, 6.45) is -0.428. The molecule has 0 fully saturated rings. The highest BCUT2D eigenvalue weighted by molar-refractivity contribution is 6.36. The van der Waals surface area contributed by atoms with Gasteiger partial charge in [0.25, 0.3) is 11.8 Å². The van der Waals surface area contributed by atoms with Gasteiger partial charge in [0, 0.05) is 14.2 Å². The minimum Gasteiger partial charge on any atom is -0.493 e. The molecule has 1 aliphatic heterocycles. The Hall–Kier alpha value is -5.01. The molecule has 3 aromatic carbocycles. The highest BCUT2D eigenvalue weighted by atomic mass is 35.5. The number of hydrogen-bond donors (Lipinski definition) is 3. The second-order valence-electron chi connectivity index (χ2n) is 10.1. The lowest BCUT2D eigenvalue weighted by molar-refractivity contribution is -0.128. The summed E-state index contributed by atoms with van der Waals surface area (Å²) < 4.78 is 93.8. The minimum atomic E-state index is -3.33. The van der Waals surface area contributed by atoms with Gasteiger partial charge in [-0.15, -0.1) is 0 Å². The van der Waals surface area contributed by atoms with E-state index >= 15 is 0 Å². The number of nitrogens with one attached hydrogen (secondary N) is 3. The maximum absolute atomic E-state index is 14.0. The van der Waals surface area contributed by atoms with Gasteiger partial charge in [-0.25, -0.2) is 0 Å². The number of ether oxygens (including phenoxy) is 5. The lowest BCUT2D eigenvalue weighted by atomic mass is 10.1. The summed E-state index contributed by atoms with van der Waals surface area (Å²) in [5.74, 6) is -6.16. The smallest absolute Gasteiger partial charge is 0.257 e. The second-order valence-corrected chi connectivity index (χ2v) is 10.5. The monoisotopic (exact) mass is 663 g/mol. The van der Waals surface area contributed by atoms with Crippen molar-refractivity contribution in [3.8, 4) is 28.7 Å². The van der Waals surface area contributed by atoms with E-state index in [1.807, 2.05) is 6.07 Å². The molecular weight excluding hydrogens is 620 g/mol. The molecule has 0 radical (unpaired) electrons. The van der Waals surface area contributed by atoms with Crippen molar-refractivity contribution < 1.29 is 55.2 Å². The normalized spacial score (nSPS) is 17.8. The van der Waals surface area contributed by atoms with Gasteiger partial charge in [0.15, 0.2) is 17.2 Å². The molecule has 1 atom stereocenters. The van der Waals surface area contributed by atoms with Crippen molar-refractivity contribution in [3.05, 3.63) is 63.7 Å². The van der Waals surface area contributed by atoms with Crippen molar-refractivity contribution in [2.24, 2.45) is 0 Å². The predicted molar refractivity (Wildman–Crippen MR) is 171 cm³/mol. The Bertz CT molecular complexity index is 1990. The van der Waals surface area contributed by atoms with Crippen LogP contribution in [0.25, 0.3) is 0 Å². The number of fused-ring (bicyclic) bond motifs is 1. The molecule has 0 saturated carbocycles. The Morgan fingerprint density at radius 3 is 2.35 bits per heavy atom. The number of rotatable bonds is 11. The topological polar surface area (TPSA) is 154 Å².